The number of hydrogen-bond acceptors (Lipinski definition) is 4. The summed E-state index contributed by atoms with van der Waals surface area (Å²) in [6.45, 7) is 1.39. The fraction of sp³-hybridized carbons (Fsp3) is 0.364. The number of anilines is 1. The first-order valence-corrected chi connectivity index (χ1v) is 5.44. The summed E-state index contributed by atoms with van der Waals surface area (Å²) in [4.78, 5) is 28.8. The molecule has 1 aliphatic rings. The molecule has 0 radical (unpaired) electrons. The largest absolute Gasteiger partial charge is 0.398 e. The lowest BCUT2D eigenvalue weighted by Crippen LogP contribution is -2.34. The number of rotatable bonds is 1. The highest BCUT2D eigenvalue weighted by molar-refractivity contribution is 5.99. The van der Waals surface area contributed by atoms with E-state index in [0.717, 1.165) is 0 Å². The quantitative estimate of drug-likeness (QED) is 0.693. The molecule has 6 nitrogen and oxygen atoms in total. The SMILES string of the molecule is Nc1ccncc1C(=O)N1CCNC(=O)CC1. The fourth-order valence-corrected chi connectivity index (χ4v) is 1.72. The van der Waals surface area contributed by atoms with Crippen LogP contribution in [-0.2, 0) is 4.79 Å². The van der Waals surface area contributed by atoms with Crippen molar-refractivity contribution in [3.63, 3.8) is 0 Å². The molecule has 0 saturated carbocycles. The molecule has 2 rings (SSSR count). The number of pyridine rings is 1. The molecule has 1 saturated heterocycles. The van der Waals surface area contributed by atoms with Crippen molar-refractivity contribution in [1.82, 2.24) is 15.2 Å². The average Bonchev–Trinajstić information content (AvgIpc) is 2.54. The molecule has 0 bridgehead atoms. The fourth-order valence-electron chi connectivity index (χ4n) is 1.72. The summed E-state index contributed by atoms with van der Waals surface area (Å²) in [6.07, 6.45) is 3.32. The van der Waals surface area contributed by atoms with Crippen LogP contribution in [0.4, 0.5) is 5.69 Å². The molecule has 0 aromatic carbocycles. The Morgan fingerprint density at radius 3 is 3.06 bits per heavy atom. The van der Waals surface area contributed by atoms with Gasteiger partial charge < -0.3 is 16.0 Å². The van der Waals surface area contributed by atoms with Gasteiger partial charge in [-0.25, -0.2) is 0 Å². The monoisotopic (exact) mass is 234 g/mol. The Morgan fingerprint density at radius 1 is 1.47 bits per heavy atom. The maximum absolute atomic E-state index is 12.1. The van der Waals surface area contributed by atoms with E-state index in [4.69, 9.17) is 5.73 Å². The van der Waals surface area contributed by atoms with Crippen molar-refractivity contribution in [1.29, 1.82) is 0 Å². The number of aromatic nitrogens is 1. The highest BCUT2D eigenvalue weighted by Crippen LogP contribution is 2.12. The highest BCUT2D eigenvalue weighted by Gasteiger charge is 2.21. The van der Waals surface area contributed by atoms with Crippen molar-refractivity contribution >= 4 is 17.5 Å². The first-order valence-electron chi connectivity index (χ1n) is 5.44. The molecule has 2 heterocycles. The van der Waals surface area contributed by atoms with Gasteiger partial charge in [0.05, 0.1) is 5.56 Å². The number of carbonyl (C=O) groups is 2. The summed E-state index contributed by atoms with van der Waals surface area (Å²) < 4.78 is 0. The summed E-state index contributed by atoms with van der Waals surface area (Å²) in [5.41, 5.74) is 6.53. The highest BCUT2D eigenvalue weighted by atomic mass is 16.2. The van der Waals surface area contributed by atoms with E-state index < -0.39 is 0 Å². The maximum atomic E-state index is 12.1. The lowest BCUT2D eigenvalue weighted by atomic mass is 10.2. The van der Waals surface area contributed by atoms with Gasteiger partial charge in [0.1, 0.15) is 0 Å². The van der Waals surface area contributed by atoms with Crippen LogP contribution in [0.1, 0.15) is 16.8 Å². The van der Waals surface area contributed by atoms with E-state index in [1.54, 1.807) is 17.2 Å². The third-order valence-corrected chi connectivity index (χ3v) is 2.69. The van der Waals surface area contributed by atoms with Gasteiger partial charge in [-0.2, -0.15) is 0 Å². The summed E-state index contributed by atoms with van der Waals surface area (Å²) in [5.74, 6) is -0.202. The van der Waals surface area contributed by atoms with Gasteiger partial charge in [0.25, 0.3) is 5.91 Å². The predicted molar refractivity (Wildman–Crippen MR) is 62.2 cm³/mol. The zero-order valence-corrected chi connectivity index (χ0v) is 9.35. The van der Waals surface area contributed by atoms with E-state index in [1.165, 1.54) is 6.20 Å². The second-order valence-corrected chi connectivity index (χ2v) is 3.86. The zero-order valence-electron chi connectivity index (χ0n) is 9.35. The van der Waals surface area contributed by atoms with Gasteiger partial charge in [0, 0.05) is 44.1 Å². The minimum Gasteiger partial charge on any atom is -0.398 e. The topological polar surface area (TPSA) is 88.3 Å². The Hall–Kier alpha value is -2.11. The van der Waals surface area contributed by atoms with Gasteiger partial charge in [-0.05, 0) is 6.07 Å². The lowest BCUT2D eigenvalue weighted by molar-refractivity contribution is -0.120. The molecule has 0 spiro atoms. The van der Waals surface area contributed by atoms with Crippen LogP contribution in [-0.4, -0.2) is 41.3 Å². The predicted octanol–water partition coefficient (Wildman–Crippen LogP) is -0.374. The van der Waals surface area contributed by atoms with Crippen molar-refractivity contribution in [2.75, 3.05) is 25.4 Å². The van der Waals surface area contributed by atoms with Crippen molar-refractivity contribution in [3.8, 4) is 0 Å². The van der Waals surface area contributed by atoms with Crippen LogP contribution in [0.3, 0.4) is 0 Å². The van der Waals surface area contributed by atoms with Crippen molar-refractivity contribution in [2.45, 2.75) is 6.42 Å². The summed E-state index contributed by atoms with van der Waals surface area (Å²) in [7, 11) is 0. The Labute approximate surface area is 98.8 Å². The molecule has 0 unspecified atom stereocenters. The van der Waals surface area contributed by atoms with Gasteiger partial charge in [-0.15, -0.1) is 0 Å². The normalized spacial score (nSPS) is 16.2. The van der Waals surface area contributed by atoms with Crippen LogP contribution in [0, 0.1) is 0 Å². The Bertz CT molecular complexity index is 447. The van der Waals surface area contributed by atoms with E-state index in [1.807, 2.05) is 0 Å². The molecule has 0 atom stereocenters. The minimum absolute atomic E-state index is 0.0283. The standard InChI is InChI=1S/C11H14N4O2/c12-9-1-3-13-7-8(9)11(17)15-5-2-10(16)14-4-6-15/h1,3,7H,2,4-6H2,(H2,12,13)(H,14,16). The maximum Gasteiger partial charge on any atom is 0.257 e. The molecule has 90 valence electrons. The van der Waals surface area contributed by atoms with Crippen LogP contribution in [0.15, 0.2) is 18.5 Å². The molecule has 1 aromatic heterocycles. The Kier molecular flexibility index (Phi) is 3.22. The molecule has 1 aliphatic heterocycles. The molecular formula is C11H14N4O2. The third kappa shape index (κ3) is 2.52. The zero-order chi connectivity index (χ0) is 12.3. The number of hydrogen-bond donors (Lipinski definition) is 2. The molecule has 1 fully saturated rings. The van der Waals surface area contributed by atoms with Gasteiger partial charge >= 0.3 is 0 Å². The second-order valence-electron chi connectivity index (χ2n) is 3.86. The Balaban J connectivity index is 2.14. The van der Waals surface area contributed by atoms with Crippen LogP contribution in [0.2, 0.25) is 0 Å². The van der Waals surface area contributed by atoms with Crippen LogP contribution >= 0.6 is 0 Å². The second kappa shape index (κ2) is 4.82. The summed E-state index contributed by atoms with van der Waals surface area (Å²) in [5, 5.41) is 2.72. The van der Waals surface area contributed by atoms with Gasteiger partial charge in [-0.1, -0.05) is 0 Å². The van der Waals surface area contributed by atoms with E-state index in [9.17, 15) is 9.59 Å². The first-order chi connectivity index (χ1) is 8.18. The number of nitrogen functional groups attached to an aromatic ring is 1. The third-order valence-electron chi connectivity index (χ3n) is 2.69. The minimum atomic E-state index is -0.174. The number of amides is 2. The van der Waals surface area contributed by atoms with Crippen LogP contribution in [0.5, 0.6) is 0 Å². The molecule has 17 heavy (non-hydrogen) atoms. The molecule has 2 amide bonds. The number of carbonyl (C=O) groups excluding carboxylic acids is 2. The molecule has 6 heteroatoms. The molecule has 3 N–H and O–H groups in total. The van der Waals surface area contributed by atoms with Gasteiger partial charge in [0.15, 0.2) is 0 Å². The van der Waals surface area contributed by atoms with Crippen LogP contribution in [0.25, 0.3) is 0 Å². The smallest absolute Gasteiger partial charge is 0.257 e. The van der Waals surface area contributed by atoms with Crippen LogP contribution < -0.4 is 11.1 Å². The molecule has 1 aromatic rings. The van der Waals surface area contributed by atoms with Crippen molar-refractivity contribution in [3.05, 3.63) is 24.0 Å². The van der Waals surface area contributed by atoms with E-state index >= 15 is 0 Å². The Morgan fingerprint density at radius 2 is 2.29 bits per heavy atom. The van der Waals surface area contributed by atoms with Gasteiger partial charge in [0.2, 0.25) is 5.91 Å². The molecule has 0 aliphatic carbocycles. The van der Waals surface area contributed by atoms with E-state index in [0.29, 0.717) is 37.3 Å². The summed E-state index contributed by atoms with van der Waals surface area (Å²) in [6, 6.07) is 1.59. The van der Waals surface area contributed by atoms with E-state index in [-0.39, 0.29) is 11.8 Å². The lowest BCUT2D eigenvalue weighted by Gasteiger charge is -2.19. The first kappa shape index (κ1) is 11.4. The van der Waals surface area contributed by atoms with Crippen molar-refractivity contribution < 1.29 is 9.59 Å². The number of nitrogens with zero attached hydrogens (tertiary/aromatic N) is 2. The number of nitrogens with one attached hydrogen (secondary N) is 1. The average molecular weight is 234 g/mol. The van der Waals surface area contributed by atoms with E-state index in [2.05, 4.69) is 10.3 Å². The van der Waals surface area contributed by atoms with Crippen molar-refractivity contribution in [2.24, 2.45) is 0 Å². The number of nitrogens with two attached hydrogens (primary N) is 1. The van der Waals surface area contributed by atoms with Gasteiger partial charge in [-0.3, -0.25) is 14.6 Å². The molecular weight excluding hydrogens is 220 g/mol. The summed E-state index contributed by atoms with van der Waals surface area (Å²) >= 11 is 0.